The lowest BCUT2D eigenvalue weighted by molar-refractivity contribution is -0.385. The number of para-hydroxylation sites is 1. The monoisotopic (exact) mass is 394 g/mol. The van der Waals surface area contributed by atoms with E-state index in [1.54, 1.807) is 6.92 Å². The number of likely N-dealkylation sites (N-methyl/N-ethyl adjacent to an activating group) is 1. The second-order valence-electron chi connectivity index (χ2n) is 5.66. The molecule has 0 aliphatic heterocycles. The van der Waals surface area contributed by atoms with Crippen LogP contribution in [0.2, 0.25) is 0 Å². The normalized spacial score (nSPS) is 10.4. The molecule has 0 atom stereocenters. The molecular formula is C17H16F2N4O5. The van der Waals surface area contributed by atoms with Gasteiger partial charge in [0.1, 0.15) is 23.9 Å². The van der Waals surface area contributed by atoms with Crippen molar-refractivity contribution in [2.75, 3.05) is 18.4 Å². The van der Waals surface area contributed by atoms with Gasteiger partial charge in [0.15, 0.2) is 0 Å². The van der Waals surface area contributed by atoms with E-state index in [9.17, 15) is 33.3 Å². The maximum Gasteiger partial charge on any atom is 0.285 e. The highest BCUT2D eigenvalue weighted by atomic mass is 19.1. The molecule has 1 aromatic heterocycles. The summed E-state index contributed by atoms with van der Waals surface area (Å²) in [5.74, 6) is -3.45. The highest BCUT2D eigenvalue weighted by Crippen LogP contribution is 2.17. The third kappa shape index (κ3) is 4.96. The number of carbonyl (C=O) groups is 2. The van der Waals surface area contributed by atoms with E-state index >= 15 is 0 Å². The van der Waals surface area contributed by atoms with Crippen molar-refractivity contribution in [3.63, 3.8) is 0 Å². The van der Waals surface area contributed by atoms with E-state index in [0.29, 0.717) is 0 Å². The lowest BCUT2D eigenvalue weighted by Gasteiger charge is -2.21. The predicted molar refractivity (Wildman–Crippen MR) is 94.6 cm³/mol. The van der Waals surface area contributed by atoms with Gasteiger partial charge in [0.2, 0.25) is 11.8 Å². The van der Waals surface area contributed by atoms with E-state index in [1.165, 1.54) is 0 Å². The zero-order chi connectivity index (χ0) is 20.8. The van der Waals surface area contributed by atoms with Crippen LogP contribution in [0.25, 0.3) is 0 Å². The summed E-state index contributed by atoms with van der Waals surface area (Å²) in [6, 6.07) is 5.04. The highest BCUT2D eigenvalue weighted by molar-refractivity contribution is 5.94. The zero-order valence-corrected chi connectivity index (χ0v) is 14.7. The van der Waals surface area contributed by atoms with Gasteiger partial charge in [0, 0.05) is 18.7 Å². The first kappa shape index (κ1) is 20.7. The number of nitro groups is 1. The van der Waals surface area contributed by atoms with E-state index in [1.807, 2.05) is 0 Å². The molecule has 2 amide bonds. The van der Waals surface area contributed by atoms with E-state index in [0.717, 1.165) is 46.0 Å². The topological polar surface area (TPSA) is 115 Å². The first-order valence-electron chi connectivity index (χ1n) is 8.09. The number of nitrogens with one attached hydrogen (secondary N) is 1. The highest BCUT2D eigenvalue weighted by Gasteiger charge is 2.19. The van der Waals surface area contributed by atoms with Gasteiger partial charge in [0.05, 0.1) is 17.7 Å². The number of benzene rings is 1. The van der Waals surface area contributed by atoms with Gasteiger partial charge in [-0.2, -0.15) is 0 Å². The molecule has 1 N–H and O–H groups in total. The van der Waals surface area contributed by atoms with Crippen molar-refractivity contribution in [2.24, 2.45) is 0 Å². The number of nitrogens with zero attached hydrogens (tertiary/aromatic N) is 3. The van der Waals surface area contributed by atoms with Crippen LogP contribution in [0.5, 0.6) is 0 Å². The fraction of sp³-hybridized carbons (Fsp3) is 0.235. The average molecular weight is 394 g/mol. The summed E-state index contributed by atoms with van der Waals surface area (Å²) in [5.41, 5.74) is -1.64. The number of amides is 2. The third-order valence-corrected chi connectivity index (χ3v) is 3.78. The van der Waals surface area contributed by atoms with Crippen LogP contribution < -0.4 is 10.9 Å². The standard InChI is InChI=1S/C17H16F2N4O5/c1-2-21(9-14(24)20-17-12(18)4-3-5-13(17)19)16(26)10-22-8-11(23(27)28)6-7-15(22)25/h3-8H,2,9-10H2,1H3,(H,20,24). The fourth-order valence-electron chi connectivity index (χ4n) is 2.34. The Kier molecular flexibility index (Phi) is 6.53. The Labute approximate surface area is 157 Å². The van der Waals surface area contributed by atoms with Crippen molar-refractivity contribution in [1.29, 1.82) is 0 Å². The molecule has 0 spiro atoms. The first-order valence-corrected chi connectivity index (χ1v) is 8.09. The van der Waals surface area contributed by atoms with E-state index in [4.69, 9.17) is 0 Å². The molecule has 148 valence electrons. The van der Waals surface area contributed by atoms with Crippen molar-refractivity contribution in [3.8, 4) is 0 Å². The molecular weight excluding hydrogens is 378 g/mol. The molecule has 2 aromatic rings. The maximum atomic E-state index is 13.6. The van der Waals surface area contributed by atoms with Gasteiger partial charge >= 0.3 is 0 Å². The molecule has 28 heavy (non-hydrogen) atoms. The molecule has 1 aromatic carbocycles. The van der Waals surface area contributed by atoms with Gasteiger partial charge in [-0.15, -0.1) is 0 Å². The van der Waals surface area contributed by atoms with Crippen molar-refractivity contribution in [1.82, 2.24) is 9.47 Å². The van der Waals surface area contributed by atoms with Gasteiger partial charge < -0.3 is 10.2 Å². The molecule has 0 unspecified atom stereocenters. The number of aromatic nitrogens is 1. The number of rotatable bonds is 7. The number of halogens is 2. The average Bonchev–Trinajstić information content (AvgIpc) is 2.64. The predicted octanol–water partition coefficient (Wildman–Crippen LogP) is 1.52. The lowest BCUT2D eigenvalue weighted by atomic mass is 10.3. The molecule has 0 aliphatic carbocycles. The van der Waals surface area contributed by atoms with Crippen LogP contribution in [0.15, 0.2) is 41.3 Å². The molecule has 0 saturated heterocycles. The molecule has 11 heteroatoms. The van der Waals surface area contributed by atoms with Crippen LogP contribution in [0, 0.1) is 21.7 Å². The second-order valence-corrected chi connectivity index (χ2v) is 5.66. The maximum absolute atomic E-state index is 13.6. The van der Waals surface area contributed by atoms with Crippen LogP contribution in [0.3, 0.4) is 0 Å². The summed E-state index contributed by atoms with van der Waals surface area (Å²) in [5, 5.41) is 12.9. The first-order chi connectivity index (χ1) is 13.2. The van der Waals surface area contributed by atoms with Crippen LogP contribution in [-0.4, -0.2) is 39.3 Å². The molecule has 0 bridgehead atoms. The fourth-order valence-corrected chi connectivity index (χ4v) is 2.34. The van der Waals surface area contributed by atoms with Gasteiger partial charge in [-0.1, -0.05) is 6.07 Å². The molecule has 9 nitrogen and oxygen atoms in total. The molecule has 0 radical (unpaired) electrons. The molecule has 1 heterocycles. The van der Waals surface area contributed by atoms with Crippen LogP contribution >= 0.6 is 0 Å². The summed E-state index contributed by atoms with van der Waals surface area (Å²) in [7, 11) is 0. The summed E-state index contributed by atoms with van der Waals surface area (Å²) in [4.78, 5) is 47.3. The second kappa shape index (κ2) is 8.84. The van der Waals surface area contributed by atoms with Crippen LogP contribution in [0.4, 0.5) is 20.2 Å². The van der Waals surface area contributed by atoms with Crippen LogP contribution in [-0.2, 0) is 16.1 Å². The number of hydrogen-bond donors (Lipinski definition) is 1. The van der Waals surface area contributed by atoms with E-state index in [-0.39, 0.29) is 12.2 Å². The van der Waals surface area contributed by atoms with Gasteiger partial charge in [0.25, 0.3) is 11.2 Å². The molecule has 0 aliphatic rings. The molecule has 2 rings (SSSR count). The van der Waals surface area contributed by atoms with Crippen molar-refractivity contribution < 1.29 is 23.3 Å². The number of pyridine rings is 1. The van der Waals surface area contributed by atoms with Crippen molar-refractivity contribution >= 4 is 23.2 Å². The van der Waals surface area contributed by atoms with E-state index in [2.05, 4.69) is 5.32 Å². The Balaban J connectivity index is 2.09. The summed E-state index contributed by atoms with van der Waals surface area (Å²) < 4.78 is 28.0. The number of carbonyl (C=O) groups excluding carboxylic acids is 2. The van der Waals surface area contributed by atoms with Gasteiger partial charge in [-0.3, -0.25) is 29.1 Å². The van der Waals surface area contributed by atoms with Gasteiger partial charge in [-0.25, -0.2) is 8.78 Å². The van der Waals surface area contributed by atoms with Crippen molar-refractivity contribution in [2.45, 2.75) is 13.5 Å². The summed E-state index contributed by atoms with van der Waals surface area (Å²) in [6.45, 7) is 0.573. The lowest BCUT2D eigenvalue weighted by Crippen LogP contribution is -2.41. The Morgan fingerprint density at radius 3 is 2.43 bits per heavy atom. The smallest absolute Gasteiger partial charge is 0.285 e. The Morgan fingerprint density at radius 1 is 1.21 bits per heavy atom. The largest absolute Gasteiger partial charge is 0.332 e. The number of hydrogen-bond acceptors (Lipinski definition) is 5. The minimum Gasteiger partial charge on any atom is -0.332 e. The minimum absolute atomic E-state index is 0.0652. The quantitative estimate of drug-likeness (QED) is 0.565. The molecule has 0 fully saturated rings. The van der Waals surface area contributed by atoms with Crippen molar-refractivity contribution in [3.05, 3.63) is 68.6 Å². The minimum atomic E-state index is -0.967. The Morgan fingerprint density at radius 2 is 1.86 bits per heavy atom. The third-order valence-electron chi connectivity index (χ3n) is 3.78. The van der Waals surface area contributed by atoms with Crippen LogP contribution in [0.1, 0.15) is 6.92 Å². The summed E-state index contributed by atoms with van der Waals surface area (Å²) >= 11 is 0. The van der Waals surface area contributed by atoms with E-state index < -0.39 is 52.7 Å². The zero-order valence-electron chi connectivity index (χ0n) is 14.7. The van der Waals surface area contributed by atoms with Gasteiger partial charge in [-0.05, 0) is 19.1 Å². The number of anilines is 1. The molecule has 0 saturated carbocycles. The summed E-state index contributed by atoms with van der Waals surface area (Å²) in [6.07, 6.45) is 0.920. The SMILES string of the molecule is CCN(CC(=O)Nc1c(F)cccc1F)C(=O)Cn1cc([N+](=O)[O-])ccc1=O. The Bertz CT molecular complexity index is 956. The Hall–Kier alpha value is -3.63.